The van der Waals surface area contributed by atoms with Crippen LogP contribution in [0.3, 0.4) is 0 Å². The van der Waals surface area contributed by atoms with Crippen molar-refractivity contribution >= 4 is 25.3 Å². The molecule has 0 saturated carbocycles. The molecule has 0 spiro atoms. The first-order chi connectivity index (χ1) is 14.9. The summed E-state index contributed by atoms with van der Waals surface area (Å²) in [5.41, 5.74) is 3.17. The average Bonchev–Trinajstić information content (AvgIpc) is 3.21. The number of aromatic nitrogens is 4. The fraction of sp³-hybridized carbons (Fsp3) is 0.217. The minimum atomic E-state index is -1.27. The number of nitrogens with zero attached hydrogens (tertiary/aromatic N) is 4. The number of ether oxygens (including phenoxy) is 2. The molecule has 158 valence electrons. The van der Waals surface area contributed by atoms with Crippen molar-refractivity contribution in [3.8, 4) is 22.9 Å². The zero-order chi connectivity index (χ0) is 21.8. The first-order valence-corrected chi connectivity index (χ1v) is 13.7. The van der Waals surface area contributed by atoms with Gasteiger partial charge in [-0.05, 0) is 30.3 Å². The van der Waals surface area contributed by atoms with Crippen molar-refractivity contribution in [3.63, 3.8) is 0 Å². The molecule has 4 aromatic rings. The SMILES string of the molecule is C[Si](C)(C)COCn1nccc1-c1ccc(Oc2ccc3cc(C=O)cnc3c2)nc1. The summed E-state index contributed by atoms with van der Waals surface area (Å²) in [6.07, 6.45) is 6.64. The molecule has 1 aromatic carbocycles. The van der Waals surface area contributed by atoms with Crippen LogP contribution in [0, 0.1) is 0 Å². The van der Waals surface area contributed by atoms with Crippen LogP contribution in [0.2, 0.25) is 19.6 Å². The van der Waals surface area contributed by atoms with Crippen molar-refractivity contribution in [2.75, 3.05) is 6.23 Å². The summed E-state index contributed by atoms with van der Waals surface area (Å²) in [4.78, 5) is 19.6. The van der Waals surface area contributed by atoms with Gasteiger partial charge in [-0.1, -0.05) is 19.6 Å². The van der Waals surface area contributed by atoms with E-state index in [1.54, 1.807) is 24.7 Å². The van der Waals surface area contributed by atoms with Gasteiger partial charge >= 0.3 is 0 Å². The van der Waals surface area contributed by atoms with Gasteiger partial charge in [-0.25, -0.2) is 9.67 Å². The number of benzene rings is 1. The van der Waals surface area contributed by atoms with E-state index in [1.165, 1.54) is 0 Å². The Morgan fingerprint density at radius 1 is 1.03 bits per heavy atom. The summed E-state index contributed by atoms with van der Waals surface area (Å²) < 4.78 is 13.6. The lowest BCUT2D eigenvalue weighted by Gasteiger charge is -2.16. The van der Waals surface area contributed by atoms with Crippen LogP contribution >= 0.6 is 0 Å². The van der Waals surface area contributed by atoms with Gasteiger partial charge in [-0.15, -0.1) is 0 Å². The van der Waals surface area contributed by atoms with Gasteiger partial charge in [0.25, 0.3) is 0 Å². The van der Waals surface area contributed by atoms with E-state index < -0.39 is 8.07 Å². The van der Waals surface area contributed by atoms with E-state index in [0.717, 1.165) is 34.7 Å². The van der Waals surface area contributed by atoms with Gasteiger partial charge in [0.1, 0.15) is 12.5 Å². The fourth-order valence-corrected chi connectivity index (χ4v) is 3.78. The molecule has 0 unspecified atom stereocenters. The van der Waals surface area contributed by atoms with Gasteiger partial charge in [-0.3, -0.25) is 9.78 Å². The van der Waals surface area contributed by atoms with Crippen LogP contribution in [0.25, 0.3) is 22.2 Å². The molecule has 7 nitrogen and oxygen atoms in total. The predicted octanol–water partition coefficient (Wildman–Crippen LogP) is 4.95. The molecular weight excluding hydrogens is 408 g/mol. The van der Waals surface area contributed by atoms with Crippen LogP contribution in [-0.4, -0.2) is 40.3 Å². The van der Waals surface area contributed by atoms with Crippen molar-refractivity contribution in [1.29, 1.82) is 0 Å². The molecule has 0 atom stereocenters. The second-order valence-electron chi connectivity index (χ2n) is 8.48. The summed E-state index contributed by atoms with van der Waals surface area (Å²) in [5, 5.41) is 5.24. The third-order valence-electron chi connectivity index (χ3n) is 4.53. The zero-order valence-electron chi connectivity index (χ0n) is 17.8. The number of hydrogen-bond acceptors (Lipinski definition) is 6. The van der Waals surface area contributed by atoms with Crippen LogP contribution in [0.5, 0.6) is 11.6 Å². The third kappa shape index (κ3) is 5.22. The van der Waals surface area contributed by atoms with Crippen molar-refractivity contribution in [3.05, 3.63) is 66.6 Å². The molecule has 3 heterocycles. The van der Waals surface area contributed by atoms with E-state index in [1.807, 2.05) is 41.1 Å². The van der Waals surface area contributed by atoms with Gasteiger partial charge in [0, 0.05) is 53.5 Å². The highest BCUT2D eigenvalue weighted by atomic mass is 28.3. The smallest absolute Gasteiger partial charge is 0.219 e. The maximum atomic E-state index is 10.9. The first kappa shape index (κ1) is 20.9. The second-order valence-corrected chi connectivity index (χ2v) is 13.9. The van der Waals surface area contributed by atoms with Crippen molar-refractivity contribution in [2.24, 2.45) is 0 Å². The molecule has 0 aliphatic carbocycles. The maximum Gasteiger partial charge on any atom is 0.219 e. The Kier molecular flexibility index (Phi) is 5.92. The lowest BCUT2D eigenvalue weighted by Crippen LogP contribution is -2.28. The van der Waals surface area contributed by atoms with Crippen LogP contribution in [0.4, 0.5) is 0 Å². The molecule has 0 bridgehead atoms. The maximum absolute atomic E-state index is 10.9. The Labute approximate surface area is 181 Å². The monoisotopic (exact) mass is 432 g/mol. The average molecular weight is 433 g/mol. The van der Waals surface area contributed by atoms with Gasteiger partial charge < -0.3 is 9.47 Å². The molecule has 0 amide bonds. The van der Waals surface area contributed by atoms with E-state index in [-0.39, 0.29) is 0 Å². The highest BCUT2D eigenvalue weighted by molar-refractivity contribution is 6.76. The zero-order valence-corrected chi connectivity index (χ0v) is 18.8. The standard InChI is InChI=1S/C23H24N4O3Si/c1-31(2,3)16-29-15-27-22(8-9-26-27)19-5-7-23(25-13-19)30-20-6-4-18-10-17(14-28)12-24-21(18)11-20/h4-14H,15-16H2,1-3H3. The van der Waals surface area contributed by atoms with Crippen LogP contribution in [0.1, 0.15) is 10.4 Å². The lowest BCUT2D eigenvalue weighted by molar-refractivity contribution is 0.101. The van der Waals surface area contributed by atoms with Gasteiger partial charge in [-0.2, -0.15) is 5.10 Å². The fourth-order valence-electron chi connectivity index (χ4n) is 3.08. The third-order valence-corrected chi connectivity index (χ3v) is 5.60. The molecule has 0 N–H and O–H groups in total. The Morgan fingerprint density at radius 2 is 1.90 bits per heavy atom. The molecule has 4 rings (SSSR count). The van der Waals surface area contributed by atoms with Crippen molar-refractivity contribution in [1.82, 2.24) is 19.7 Å². The highest BCUT2D eigenvalue weighted by Crippen LogP contribution is 2.26. The molecule has 0 aliphatic rings. The lowest BCUT2D eigenvalue weighted by atomic mass is 10.1. The summed E-state index contributed by atoms with van der Waals surface area (Å²) in [7, 11) is -1.27. The summed E-state index contributed by atoms with van der Waals surface area (Å²) >= 11 is 0. The summed E-state index contributed by atoms with van der Waals surface area (Å²) in [6.45, 7) is 7.23. The number of carbonyl (C=O) groups is 1. The van der Waals surface area contributed by atoms with Crippen molar-refractivity contribution < 1.29 is 14.3 Å². The largest absolute Gasteiger partial charge is 0.439 e. The van der Waals surface area contributed by atoms with E-state index in [9.17, 15) is 4.79 Å². The van der Waals surface area contributed by atoms with Crippen LogP contribution < -0.4 is 4.74 Å². The molecule has 8 heteroatoms. The number of hydrogen-bond donors (Lipinski definition) is 0. The molecule has 0 fully saturated rings. The van der Waals surface area contributed by atoms with E-state index in [4.69, 9.17) is 9.47 Å². The Balaban J connectivity index is 1.46. The van der Waals surface area contributed by atoms with E-state index in [0.29, 0.717) is 23.9 Å². The summed E-state index contributed by atoms with van der Waals surface area (Å²) in [6, 6.07) is 13.0. The molecule has 0 aliphatic heterocycles. The topological polar surface area (TPSA) is 79.1 Å². The number of aldehydes is 1. The highest BCUT2D eigenvalue weighted by Gasteiger charge is 2.14. The predicted molar refractivity (Wildman–Crippen MR) is 122 cm³/mol. The Morgan fingerprint density at radius 3 is 2.65 bits per heavy atom. The molecule has 31 heavy (non-hydrogen) atoms. The van der Waals surface area contributed by atoms with E-state index in [2.05, 4.69) is 34.7 Å². The van der Waals surface area contributed by atoms with Crippen LogP contribution in [-0.2, 0) is 11.5 Å². The Bertz CT molecular complexity index is 1200. The molecule has 3 aromatic heterocycles. The Hall–Kier alpha value is -3.36. The van der Waals surface area contributed by atoms with Gasteiger partial charge in [0.15, 0.2) is 6.29 Å². The molecule has 0 radical (unpaired) electrons. The normalized spacial score (nSPS) is 11.6. The molecule has 0 saturated heterocycles. The van der Waals surface area contributed by atoms with Crippen molar-refractivity contribution in [2.45, 2.75) is 26.4 Å². The minimum absolute atomic E-state index is 0.417. The van der Waals surface area contributed by atoms with Gasteiger partial charge in [0.2, 0.25) is 5.88 Å². The quantitative estimate of drug-likeness (QED) is 0.290. The number of carbonyl (C=O) groups excluding carboxylic acids is 1. The minimum Gasteiger partial charge on any atom is -0.439 e. The number of fused-ring (bicyclic) bond motifs is 1. The number of pyridine rings is 2. The number of rotatable bonds is 8. The summed E-state index contributed by atoms with van der Waals surface area (Å²) in [5.74, 6) is 1.11. The second kappa shape index (κ2) is 8.79. The van der Waals surface area contributed by atoms with Gasteiger partial charge in [0.05, 0.1) is 19.3 Å². The first-order valence-electron chi connectivity index (χ1n) is 10.0. The molecular formula is C23H24N4O3Si. The van der Waals surface area contributed by atoms with Crippen LogP contribution in [0.15, 0.2) is 61.1 Å². The van der Waals surface area contributed by atoms with E-state index >= 15 is 0 Å².